The fraction of sp³-hybridized carbons (Fsp3) is 0.600. The van der Waals surface area contributed by atoms with E-state index in [0.717, 1.165) is 18.7 Å². The molecule has 1 aliphatic rings. The van der Waals surface area contributed by atoms with E-state index >= 15 is 0 Å². The number of nitrogens with one attached hydrogen (secondary N) is 1. The molecule has 0 amide bonds. The molecule has 100 valence electrons. The first kappa shape index (κ1) is 13.4. The highest BCUT2D eigenvalue weighted by Crippen LogP contribution is 2.33. The summed E-state index contributed by atoms with van der Waals surface area (Å²) < 4.78 is 0. The SMILES string of the molecule is CNCC1CCCN1C(C)c1cc(C)ccc1O. The van der Waals surface area contributed by atoms with Crippen LogP contribution in [0.4, 0.5) is 0 Å². The van der Waals surface area contributed by atoms with E-state index in [1.54, 1.807) is 0 Å². The van der Waals surface area contributed by atoms with Crippen LogP contribution in [0.3, 0.4) is 0 Å². The van der Waals surface area contributed by atoms with Crippen LogP contribution in [0.5, 0.6) is 5.75 Å². The van der Waals surface area contributed by atoms with Crippen molar-refractivity contribution in [2.24, 2.45) is 0 Å². The number of likely N-dealkylation sites (N-methyl/N-ethyl adjacent to an activating group) is 1. The van der Waals surface area contributed by atoms with Gasteiger partial charge in [-0.1, -0.05) is 17.7 Å². The molecular weight excluding hydrogens is 224 g/mol. The largest absolute Gasteiger partial charge is 0.508 e. The maximum atomic E-state index is 10.0. The second-order valence-corrected chi connectivity index (χ2v) is 5.33. The maximum Gasteiger partial charge on any atom is 0.120 e. The van der Waals surface area contributed by atoms with E-state index in [4.69, 9.17) is 0 Å². The molecule has 1 saturated heterocycles. The number of phenolic OH excluding ortho intramolecular Hbond substituents is 1. The molecule has 0 radical (unpaired) electrons. The number of phenols is 1. The lowest BCUT2D eigenvalue weighted by Crippen LogP contribution is -2.38. The van der Waals surface area contributed by atoms with Crippen LogP contribution in [0, 0.1) is 6.92 Å². The van der Waals surface area contributed by atoms with Crippen molar-refractivity contribution in [3.05, 3.63) is 29.3 Å². The third-order valence-corrected chi connectivity index (χ3v) is 3.99. The molecule has 1 aromatic carbocycles. The van der Waals surface area contributed by atoms with Crippen LogP contribution in [0.25, 0.3) is 0 Å². The number of nitrogens with zero attached hydrogens (tertiary/aromatic N) is 1. The smallest absolute Gasteiger partial charge is 0.120 e. The number of benzene rings is 1. The van der Waals surface area contributed by atoms with E-state index in [0.29, 0.717) is 11.8 Å². The van der Waals surface area contributed by atoms with Crippen LogP contribution in [0.15, 0.2) is 18.2 Å². The lowest BCUT2D eigenvalue weighted by Gasteiger charge is -2.31. The highest BCUT2D eigenvalue weighted by Gasteiger charge is 2.29. The van der Waals surface area contributed by atoms with E-state index in [1.165, 1.54) is 18.4 Å². The van der Waals surface area contributed by atoms with Gasteiger partial charge >= 0.3 is 0 Å². The van der Waals surface area contributed by atoms with Crippen LogP contribution in [-0.2, 0) is 0 Å². The average molecular weight is 248 g/mol. The van der Waals surface area contributed by atoms with E-state index in [1.807, 2.05) is 19.2 Å². The van der Waals surface area contributed by atoms with Gasteiger partial charge in [0, 0.05) is 24.2 Å². The van der Waals surface area contributed by atoms with Crippen LogP contribution in [0.1, 0.15) is 36.9 Å². The Morgan fingerprint density at radius 2 is 2.28 bits per heavy atom. The Morgan fingerprint density at radius 3 is 3.00 bits per heavy atom. The van der Waals surface area contributed by atoms with Crippen LogP contribution in [0.2, 0.25) is 0 Å². The van der Waals surface area contributed by atoms with Crippen molar-refractivity contribution in [1.29, 1.82) is 0 Å². The Balaban J connectivity index is 2.19. The maximum absolute atomic E-state index is 10.0. The van der Waals surface area contributed by atoms with Gasteiger partial charge in [-0.2, -0.15) is 0 Å². The summed E-state index contributed by atoms with van der Waals surface area (Å²) in [6.07, 6.45) is 2.50. The number of aromatic hydroxyl groups is 1. The van der Waals surface area contributed by atoms with Gasteiger partial charge in [0.05, 0.1) is 0 Å². The number of likely N-dealkylation sites (tertiary alicyclic amines) is 1. The summed E-state index contributed by atoms with van der Waals surface area (Å²) in [6.45, 7) is 6.42. The molecular formula is C15H24N2O. The molecule has 2 atom stereocenters. The van der Waals surface area contributed by atoms with Crippen molar-refractivity contribution in [3.8, 4) is 5.75 Å². The molecule has 0 aliphatic carbocycles. The molecule has 1 heterocycles. The van der Waals surface area contributed by atoms with Crippen molar-refractivity contribution >= 4 is 0 Å². The van der Waals surface area contributed by atoms with Crippen LogP contribution in [-0.4, -0.2) is 36.2 Å². The van der Waals surface area contributed by atoms with Gasteiger partial charge in [0.25, 0.3) is 0 Å². The highest BCUT2D eigenvalue weighted by molar-refractivity contribution is 5.37. The zero-order chi connectivity index (χ0) is 13.1. The zero-order valence-corrected chi connectivity index (χ0v) is 11.6. The van der Waals surface area contributed by atoms with Gasteiger partial charge in [-0.25, -0.2) is 0 Å². The molecule has 2 N–H and O–H groups in total. The Hall–Kier alpha value is -1.06. The molecule has 0 bridgehead atoms. The van der Waals surface area contributed by atoms with E-state index in [9.17, 15) is 5.11 Å². The van der Waals surface area contributed by atoms with E-state index < -0.39 is 0 Å². The summed E-state index contributed by atoms with van der Waals surface area (Å²) in [7, 11) is 2.01. The normalized spacial score (nSPS) is 22.3. The minimum absolute atomic E-state index is 0.283. The Morgan fingerprint density at radius 1 is 1.50 bits per heavy atom. The average Bonchev–Trinajstić information content (AvgIpc) is 2.80. The molecule has 2 rings (SSSR count). The lowest BCUT2D eigenvalue weighted by atomic mass is 10.0. The fourth-order valence-electron chi connectivity index (χ4n) is 3.01. The van der Waals surface area contributed by atoms with Gasteiger partial charge in [0.1, 0.15) is 5.75 Å². The van der Waals surface area contributed by atoms with Crippen molar-refractivity contribution in [2.45, 2.75) is 38.8 Å². The lowest BCUT2D eigenvalue weighted by molar-refractivity contribution is 0.188. The second kappa shape index (κ2) is 5.72. The summed E-state index contributed by atoms with van der Waals surface area (Å²) in [4.78, 5) is 2.50. The van der Waals surface area contributed by atoms with Crippen LogP contribution < -0.4 is 5.32 Å². The van der Waals surface area contributed by atoms with Gasteiger partial charge in [0.2, 0.25) is 0 Å². The Labute approximate surface area is 110 Å². The van der Waals surface area contributed by atoms with Crippen molar-refractivity contribution < 1.29 is 5.11 Å². The minimum Gasteiger partial charge on any atom is -0.508 e. The van der Waals surface area contributed by atoms with E-state index in [2.05, 4.69) is 30.1 Å². The van der Waals surface area contributed by atoms with Gasteiger partial charge < -0.3 is 10.4 Å². The summed E-state index contributed by atoms with van der Waals surface area (Å²) in [5.74, 6) is 0.420. The topological polar surface area (TPSA) is 35.5 Å². The number of rotatable bonds is 4. The minimum atomic E-state index is 0.283. The van der Waals surface area contributed by atoms with Crippen molar-refractivity contribution in [2.75, 3.05) is 20.1 Å². The molecule has 1 aliphatic heterocycles. The molecule has 2 unspecified atom stereocenters. The number of hydrogen-bond donors (Lipinski definition) is 2. The summed E-state index contributed by atoms with van der Waals surface area (Å²) in [5, 5.41) is 13.3. The molecule has 0 saturated carbocycles. The summed E-state index contributed by atoms with van der Waals surface area (Å²) >= 11 is 0. The van der Waals surface area contributed by atoms with Crippen molar-refractivity contribution in [3.63, 3.8) is 0 Å². The quantitative estimate of drug-likeness (QED) is 0.859. The summed E-state index contributed by atoms with van der Waals surface area (Å²) in [6, 6.07) is 6.75. The molecule has 0 aromatic heterocycles. The third kappa shape index (κ3) is 2.68. The first-order chi connectivity index (χ1) is 8.63. The number of hydrogen-bond acceptors (Lipinski definition) is 3. The predicted octanol–water partition coefficient (Wildman–Crippen LogP) is 2.45. The third-order valence-electron chi connectivity index (χ3n) is 3.99. The van der Waals surface area contributed by atoms with E-state index in [-0.39, 0.29) is 6.04 Å². The Bertz CT molecular complexity index is 405. The molecule has 1 aromatic rings. The number of aryl methyl sites for hydroxylation is 1. The summed E-state index contributed by atoms with van der Waals surface area (Å²) in [5.41, 5.74) is 2.26. The Kier molecular flexibility index (Phi) is 4.25. The van der Waals surface area contributed by atoms with Gasteiger partial charge in [-0.15, -0.1) is 0 Å². The molecule has 3 nitrogen and oxygen atoms in total. The monoisotopic (exact) mass is 248 g/mol. The van der Waals surface area contributed by atoms with Crippen molar-refractivity contribution in [1.82, 2.24) is 10.2 Å². The standard InChI is InChI=1S/C15H24N2O/c1-11-6-7-15(18)14(9-11)12(2)17-8-4-5-13(17)10-16-3/h6-7,9,12-13,16,18H,4-5,8,10H2,1-3H3. The predicted molar refractivity (Wildman–Crippen MR) is 74.9 cm³/mol. The molecule has 18 heavy (non-hydrogen) atoms. The molecule has 1 fully saturated rings. The van der Waals surface area contributed by atoms with Crippen LogP contribution >= 0.6 is 0 Å². The molecule has 0 spiro atoms. The highest BCUT2D eigenvalue weighted by atomic mass is 16.3. The zero-order valence-electron chi connectivity index (χ0n) is 11.6. The van der Waals surface area contributed by atoms with Gasteiger partial charge in [-0.05, 0) is 46.3 Å². The first-order valence-corrected chi connectivity index (χ1v) is 6.83. The molecule has 3 heteroatoms. The fourth-order valence-corrected chi connectivity index (χ4v) is 3.01. The first-order valence-electron chi connectivity index (χ1n) is 6.83. The van der Waals surface area contributed by atoms with Gasteiger partial charge in [-0.3, -0.25) is 4.90 Å². The second-order valence-electron chi connectivity index (χ2n) is 5.33. The van der Waals surface area contributed by atoms with Gasteiger partial charge in [0.15, 0.2) is 0 Å².